The number of unbranched alkanes of at least 4 members (excludes halogenated alkanes) is 1. The number of carbonyl (C=O) groups is 1. The summed E-state index contributed by atoms with van der Waals surface area (Å²) >= 11 is 0. The molecule has 2 unspecified atom stereocenters. The molecule has 0 aromatic rings. The van der Waals surface area contributed by atoms with Gasteiger partial charge in [0.2, 0.25) is 0 Å². The first kappa shape index (κ1) is 20.9. The van der Waals surface area contributed by atoms with E-state index in [1.54, 1.807) is 0 Å². The van der Waals surface area contributed by atoms with Gasteiger partial charge in [-0.15, -0.1) is 0 Å². The van der Waals surface area contributed by atoms with Crippen LogP contribution in [0, 0.1) is 11.3 Å². The number of aliphatic hydroxyl groups excluding tert-OH is 1. The second kappa shape index (κ2) is 9.03. The number of hydrogen-bond acceptors (Lipinski definition) is 3. The Kier molecular flexibility index (Phi) is 7.27. The number of ether oxygens (including phenoxy) is 1. The highest BCUT2D eigenvalue weighted by molar-refractivity contribution is 5.76. The van der Waals surface area contributed by atoms with Gasteiger partial charge in [0.15, 0.2) is 0 Å². The predicted molar refractivity (Wildman–Crippen MR) is 99.5 cm³/mol. The first-order valence-electron chi connectivity index (χ1n) is 9.93. The molecule has 1 saturated carbocycles. The van der Waals surface area contributed by atoms with Crippen molar-refractivity contribution < 1.29 is 24.1 Å². The fraction of sp³-hybridized carbons (Fsp3) is 0.762. The summed E-state index contributed by atoms with van der Waals surface area (Å²) in [4.78, 5) is 12.3. The third-order valence-electron chi connectivity index (χ3n) is 6.02. The van der Waals surface area contributed by atoms with Crippen LogP contribution in [0.5, 0.6) is 0 Å². The van der Waals surface area contributed by atoms with Crippen molar-refractivity contribution in [2.24, 2.45) is 11.3 Å². The van der Waals surface area contributed by atoms with Gasteiger partial charge in [0, 0.05) is 6.42 Å². The molecule has 0 amide bonds. The number of rotatable bonds is 11. The normalized spacial score (nSPS) is 23.6. The van der Waals surface area contributed by atoms with E-state index in [0.29, 0.717) is 25.9 Å². The molecule has 0 spiro atoms. The highest BCUT2D eigenvalue weighted by atomic mass is 19.1. The molecule has 0 aromatic heterocycles. The van der Waals surface area contributed by atoms with Gasteiger partial charge in [-0.2, -0.15) is 0 Å². The van der Waals surface area contributed by atoms with Crippen molar-refractivity contribution in [1.82, 2.24) is 0 Å². The van der Waals surface area contributed by atoms with E-state index < -0.39 is 23.2 Å². The van der Waals surface area contributed by atoms with Crippen LogP contribution < -0.4 is 0 Å². The predicted octanol–water partition coefficient (Wildman–Crippen LogP) is 4.78. The molecule has 2 aliphatic rings. The van der Waals surface area contributed by atoms with E-state index in [0.717, 1.165) is 44.3 Å². The van der Waals surface area contributed by atoms with E-state index in [1.165, 1.54) is 19.1 Å². The molecule has 1 aliphatic heterocycles. The van der Waals surface area contributed by atoms with Crippen LogP contribution >= 0.6 is 0 Å². The maximum absolute atomic E-state index is 14.6. The van der Waals surface area contributed by atoms with Gasteiger partial charge >= 0.3 is 5.97 Å². The lowest BCUT2D eigenvalue weighted by atomic mass is 9.66. The third-order valence-corrected chi connectivity index (χ3v) is 6.02. The van der Waals surface area contributed by atoms with Crippen LogP contribution in [0.3, 0.4) is 0 Å². The van der Waals surface area contributed by atoms with Gasteiger partial charge in [-0.3, -0.25) is 4.79 Å². The Hall–Kier alpha value is -1.36. The highest BCUT2D eigenvalue weighted by Gasteiger charge is 2.51. The van der Waals surface area contributed by atoms with Crippen LogP contribution in [0.4, 0.5) is 4.39 Å². The van der Waals surface area contributed by atoms with Gasteiger partial charge in [0.1, 0.15) is 17.7 Å². The summed E-state index contributed by atoms with van der Waals surface area (Å²) in [6.07, 6.45) is 9.84. The van der Waals surface area contributed by atoms with Gasteiger partial charge in [0.05, 0.1) is 11.9 Å². The number of halogens is 1. The maximum Gasteiger partial charge on any atom is 0.312 e. The number of hydrogen-bond donors (Lipinski definition) is 2. The van der Waals surface area contributed by atoms with E-state index in [2.05, 4.69) is 0 Å². The molecular weight excluding hydrogens is 335 g/mol. The molecule has 148 valence electrons. The van der Waals surface area contributed by atoms with Crippen LogP contribution in [0.1, 0.15) is 71.6 Å². The second-order valence-electron chi connectivity index (χ2n) is 7.99. The lowest BCUT2D eigenvalue weighted by molar-refractivity contribution is -0.161. The van der Waals surface area contributed by atoms with E-state index in [-0.39, 0.29) is 5.92 Å². The summed E-state index contributed by atoms with van der Waals surface area (Å²) in [5.41, 5.74) is -2.82. The molecule has 26 heavy (non-hydrogen) atoms. The zero-order valence-electron chi connectivity index (χ0n) is 16.0. The smallest absolute Gasteiger partial charge is 0.312 e. The van der Waals surface area contributed by atoms with Gasteiger partial charge in [0.25, 0.3) is 0 Å². The fourth-order valence-electron chi connectivity index (χ4n) is 4.22. The van der Waals surface area contributed by atoms with E-state index >= 15 is 0 Å². The fourth-order valence-corrected chi connectivity index (χ4v) is 4.22. The average molecular weight is 368 g/mol. The Morgan fingerprint density at radius 2 is 2.08 bits per heavy atom. The van der Waals surface area contributed by atoms with Gasteiger partial charge in [-0.05, 0) is 50.7 Å². The molecular formula is C21H33FO4. The van der Waals surface area contributed by atoms with Crippen LogP contribution in [0.25, 0.3) is 0 Å². The standard InChI is InChI=1S/C21H33FO4/c1-3-4-12-20(2,22)13-10-18(23)21(19(24)25,16-7-5-6-8-16)14-9-17-11-15-26-17/h10-11,13,16,18,23H,3-9,12,14-15H2,1-2H3,(H,24,25)/t18?,20?,21-/m1/s1. The Balaban J connectivity index is 2.20. The molecule has 4 nitrogen and oxygen atoms in total. The van der Waals surface area contributed by atoms with Gasteiger partial charge in [-0.25, -0.2) is 4.39 Å². The molecule has 1 fully saturated rings. The van der Waals surface area contributed by atoms with Crippen molar-refractivity contribution in [3.8, 4) is 0 Å². The Morgan fingerprint density at radius 3 is 2.58 bits per heavy atom. The van der Waals surface area contributed by atoms with Crippen molar-refractivity contribution in [3.63, 3.8) is 0 Å². The molecule has 3 atom stereocenters. The minimum absolute atomic E-state index is 0.0955. The zero-order chi connectivity index (χ0) is 19.2. The molecule has 0 saturated heterocycles. The molecule has 1 aliphatic carbocycles. The first-order chi connectivity index (χ1) is 12.3. The first-order valence-corrected chi connectivity index (χ1v) is 9.93. The van der Waals surface area contributed by atoms with E-state index in [9.17, 15) is 19.4 Å². The highest BCUT2D eigenvalue weighted by Crippen LogP contribution is 2.47. The summed E-state index contributed by atoms with van der Waals surface area (Å²) in [6, 6.07) is 0. The van der Waals surface area contributed by atoms with Crippen LogP contribution in [0.15, 0.2) is 24.0 Å². The molecule has 0 bridgehead atoms. The second-order valence-corrected chi connectivity index (χ2v) is 7.99. The Morgan fingerprint density at radius 1 is 1.42 bits per heavy atom. The Bertz CT molecular complexity index is 534. The number of carboxylic acid groups (broad SMARTS) is 1. The van der Waals surface area contributed by atoms with Gasteiger partial charge in [-0.1, -0.05) is 38.7 Å². The minimum Gasteiger partial charge on any atom is -0.494 e. The minimum atomic E-state index is -1.53. The van der Waals surface area contributed by atoms with E-state index in [1.807, 2.05) is 13.0 Å². The third kappa shape index (κ3) is 4.87. The molecule has 2 rings (SSSR count). The summed E-state index contributed by atoms with van der Waals surface area (Å²) in [5.74, 6) is -0.291. The maximum atomic E-state index is 14.6. The number of aliphatic carboxylic acids is 1. The van der Waals surface area contributed by atoms with Crippen LogP contribution in [0.2, 0.25) is 0 Å². The number of aliphatic hydroxyl groups is 1. The lowest BCUT2D eigenvalue weighted by Gasteiger charge is -2.39. The van der Waals surface area contributed by atoms with Crippen molar-refractivity contribution >= 4 is 5.97 Å². The van der Waals surface area contributed by atoms with Crippen molar-refractivity contribution in [2.75, 3.05) is 6.61 Å². The summed E-state index contributed by atoms with van der Waals surface area (Å²) in [7, 11) is 0. The van der Waals surface area contributed by atoms with Crippen LogP contribution in [-0.4, -0.2) is 34.6 Å². The summed E-state index contributed by atoms with van der Waals surface area (Å²) in [6.45, 7) is 4.05. The van der Waals surface area contributed by atoms with Crippen molar-refractivity contribution in [2.45, 2.75) is 83.4 Å². The Labute approximate surface area is 156 Å². The van der Waals surface area contributed by atoms with Crippen molar-refractivity contribution in [3.05, 3.63) is 24.0 Å². The number of allylic oxidation sites excluding steroid dienone is 2. The van der Waals surface area contributed by atoms with Crippen LogP contribution in [-0.2, 0) is 9.53 Å². The average Bonchev–Trinajstić information content (AvgIpc) is 3.07. The topological polar surface area (TPSA) is 66.8 Å². The van der Waals surface area contributed by atoms with Gasteiger partial charge < -0.3 is 14.9 Å². The largest absolute Gasteiger partial charge is 0.494 e. The molecule has 2 N–H and O–H groups in total. The molecule has 1 heterocycles. The number of carboxylic acids is 1. The quantitative estimate of drug-likeness (QED) is 0.515. The molecule has 0 aromatic carbocycles. The lowest BCUT2D eigenvalue weighted by Crippen LogP contribution is -2.47. The molecule has 5 heteroatoms. The summed E-state index contributed by atoms with van der Waals surface area (Å²) < 4.78 is 19.9. The molecule has 0 radical (unpaired) electrons. The number of alkyl halides is 1. The monoisotopic (exact) mass is 368 g/mol. The SMILES string of the molecule is CCCCC(C)(F)C=CC(O)[C@](CCC1=CCO1)(C(=O)O)C1CCCC1. The van der Waals surface area contributed by atoms with Crippen molar-refractivity contribution in [1.29, 1.82) is 0 Å². The zero-order valence-corrected chi connectivity index (χ0v) is 16.0. The van der Waals surface area contributed by atoms with E-state index in [4.69, 9.17) is 4.74 Å². The summed E-state index contributed by atoms with van der Waals surface area (Å²) in [5, 5.41) is 21.0.